The molecule has 1 aromatic rings. The summed E-state index contributed by atoms with van der Waals surface area (Å²) in [5.41, 5.74) is -2.11. The molecule has 1 aliphatic heterocycles. The third kappa shape index (κ3) is 15.0. The summed E-state index contributed by atoms with van der Waals surface area (Å²) < 4.78 is 75.6. The van der Waals surface area contributed by atoms with Crippen molar-refractivity contribution in [1.82, 2.24) is 5.32 Å². The number of methoxy groups -OCH3 is 1. The SMILES string of the molecule is CCCCCCCOc1ccc(CCC(CCOC2CCCCO2)(COCOC)NC(=O)OC(C)(C)C)cc1C(F)(F)F. The summed E-state index contributed by atoms with van der Waals surface area (Å²) in [4.78, 5) is 12.9. The van der Waals surface area contributed by atoms with E-state index in [4.69, 9.17) is 28.4 Å². The Labute approximate surface area is 255 Å². The van der Waals surface area contributed by atoms with Crippen LogP contribution in [0.4, 0.5) is 18.0 Å². The minimum Gasteiger partial charge on any atom is -0.493 e. The number of ether oxygens (including phenoxy) is 6. The van der Waals surface area contributed by atoms with Crippen molar-refractivity contribution in [1.29, 1.82) is 0 Å². The third-order valence-electron chi connectivity index (χ3n) is 7.11. The van der Waals surface area contributed by atoms with Crippen LogP contribution in [0.1, 0.15) is 103 Å². The van der Waals surface area contributed by atoms with Gasteiger partial charge in [-0.25, -0.2) is 4.79 Å². The van der Waals surface area contributed by atoms with Gasteiger partial charge in [0, 0.05) is 13.7 Å². The Morgan fingerprint density at radius 2 is 1.81 bits per heavy atom. The van der Waals surface area contributed by atoms with E-state index in [-0.39, 0.29) is 51.5 Å². The molecule has 1 amide bonds. The maximum Gasteiger partial charge on any atom is 0.419 e. The number of hydrogen-bond donors (Lipinski definition) is 1. The molecule has 8 nitrogen and oxygen atoms in total. The normalized spacial score (nSPS) is 17.3. The van der Waals surface area contributed by atoms with Gasteiger partial charge in [0.2, 0.25) is 0 Å². The van der Waals surface area contributed by atoms with Gasteiger partial charge in [0.25, 0.3) is 0 Å². The first-order valence-electron chi connectivity index (χ1n) is 15.5. The highest BCUT2D eigenvalue weighted by molar-refractivity contribution is 5.68. The summed E-state index contributed by atoms with van der Waals surface area (Å²) in [7, 11) is 1.49. The standard InChI is InChI=1S/C32H52F3NO7/c1-6-7-8-9-11-19-40-27-15-14-25(22-26(27)32(33,34)35)16-17-31(23-39-24-38-5,36-29(37)43-30(2,3)4)18-21-42-28-13-10-12-20-41-28/h14-15,22,28H,6-13,16-21,23-24H2,1-5H3,(H,36,37). The Balaban J connectivity index is 2.22. The molecule has 0 spiro atoms. The number of halogens is 3. The fraction of sp³-hybridized carbons (Fsp3) is 0.781. The summed E-state index contributed by atoms with van der Waals surface area (Å²) in [6.45, 7) is 8.51. The van der Waals surface area contributed by atoms with Crippen molar-refractivity contribution in [3.05, 3.63) is 29.3 Å². The predicted molar refractivity (Wildman–Crippen MR) is 158 cm³/mol. The molecule has 1 aliphatic rings. The van der Waals surface area contributed by atoms with Crippen LogP contribution >= 0.6 is 0 Å². The van der Waals surface area contributed by atoms with Gasteiger partial charge in [0.15, 0.2) is 6.29 Å². The highest BCUT2D eigenvalue weighted by atomic mass is 19.4. The molecule has 0 aromatic heterocycles. The molecule has 1 saturated heterocycles. The lowest BCUT2D eigenvalue weighted by Gasteiger charge is -2.36. The zero-order valence-corrected chi connectivity index (χ0v) is 26.6. The van der Waals surface area contributed by atoms with E-state index in [1.54, 1.807) is 26.8 Å². The van der Waals surface area contributed by atoms with Gasteiger partial charge in [0.1, 0.15) is 18.1 Å². The molecule has 2 rings (SSSR count). The van der Waals surface area contributed by atoms with E-state index in [9.17, 15) is 18.0 Å². The molecule has 2 atom stereocenters. The first-order chi connectivity index (χ1) is 20.4. The topological polar surface area (TPSA) is 84.5 Å². The van der Waals surface area contributed by atoms with Gasteiger partial charge in [0.05, 0.1) is 30.9 Å². The van der Waals surface area contributed by atoms with Crippen LogP contribution < -0.4 is 10.1 Å². The van der Waals surface area contributed by atoms with E-state index in [2.05, 4.69) is 12.2 Å². The second-order valence-corrected chi connectivity index (χ2v) is 12.2. The Hall–Kier alpha value is -2.08. The Bertz CT molecular complexity index is 933. The minimum absolute atomic E-state index is 0.0208. The number of carbonyl (C=O) groups is 1. The van der Waals surface area contributed by atoms with Crippen molar-refractivity contribution in [2.75, 3.05) is 40.3 Å². The molecule has 43 heavy (non-hydrogen) atoms. The Kier molecular flexibility index (Phi) is 16.1. The molecule has 0 radical (unpaired) electrons. The van der Waals surface area contributed by atoms with E-state index < -0.39 is 29.0 Å². The van der Waals surface area contributed by atoms with Crippen LogP contribution in [0, 0.1) is 0 Å². The average molecular weight is 620 g/mol. The van der Waals surface area contributed by atoms with Gasteiger partial charge in [-0.1, -0.05) is 38.7 Å². The molecule has 0 bridgehead atoms. The maximum absolute atomic E-state index is 14.0. The summed E-state index contributed by atoms with van der Waals surface area (Å²) in [6, 6.07) is 4.16. The number of hydrogen-bond acceptors (Lipinski definition) is 7. The zero-order chi connectivity index (χ0) is 31.8. The number of benzene rings is 1. The third-order valence-corrected chi connectivity index (χ3v) is 7.11. The largest absolute Gasteiger partial charge is 0.493 e. The molecule has 1 fully saturated rings. The summed E-state index contributed by atoms with van der Waals surface area (Å²) in [5.74, 6) is -0.172. The highest BCUT2D eigenvalue weighted by Gasteiger charge is 2.37. The maximum atomic E-state index is 14.0. The highest BCUT2D eigenvalue weighted by Crippen LogP contribution is 2.37. The van der Waals surface area contributed by atoms with Gasteiger partial charge in [-0.3, -0.25) is 0 Å². The molecule has 1 aromatic carbocycles. The number of carbonyl (C=O) groups excluding carboxylic acids is 1. The van der Waals surface area contributed by atoms with Gasteiger partial charge >= 0.3 is 12.3 Å². The van der Waals surface area contributed by atoms with Crippen LogP contribution in [-0.2, 0) is 36.3 Å². The fourth-order valence-corrected chi connectivity index (χ4v) is 4.85. The Morgan fingerprint density at radius 1 is 1.05 bits per heavy atom. The van der Waals surface area contributed by atoms with Crippen LogP contribution in [-0.4, -0.2) is 63.9 Å². The summed E-state index contributed by atoms with van der Waals surface area (Å²) in [6.07, 6.45) is 2.87. The predicted octanol–water partition coefficient (Wildman–Crippen LogP) is 7.80. The zero-order valence-electron chi connectivity index (χ0n) is 26.6. The van der Waals surface area contributed by atoms with Crippen molar-refractivity contribution >= 4 is 6.09 Å². The molecule has 248 valence electrons. The van der Waals surface area contributed by atoms with Gasteiger partial charge in [-0.2, -0.15) is 13.2 Å². The van der Waals surface area contributed by atoms with E-state index in [1.165, 1.54) is 13.2 Å². The minimum atomic E-state index is -4.57. The fourth-order valence-electron chi connectivity index (χ4n) is 4.85. The van der Waals surface area contributed by atoms with Crippen LogP contribution in [0.15, 0.2) is 18.2 Å². The number of alkyl halides is 3. The molecular weight excluding hydrogens is 567 g/mol. The lowest BCUT2D eigenvalue weighted by molar-refractivity contribution is -0.166. The van der Waals surface area contributed by atoms with Gasteiger partial charge < -0.3 is 33.7 Å². The van der Waals surface area contributed by atoms with E-state index in [1.807, 2.05) is 0 Å². The first-order valence-corrected chi connectivity index (χ1v) is 15.5. The van der Waals surface area contributed by atoms with Crippen molar-refractivity contribution < 1.29 is 46.4 Å². The van der Waals surface area contributed by atoms with Gasteiger partial charge in [-0.15, -0.1) is 0 Å². The smallest absolute Gasteiger partial charge is 0.419 e. The second kappa shape index (κ2) is 18.7. The molecule has 2 unspecified atom stereocenters. The number of aryl methyl sites for hydroxylation is 1. The number of unbranched alkanes of at least 4 members (excludes halogenated alkanes) is 4. The van der Waals surface area contributed by atoms with Crippen LogP contribution in [0.5, 0.6) is 5.75 Å². The van der Waals surface area contributed by atoms with Crippen LogP contribution in [0.2, 0.25) is 0 Å². The molecule has 0 aliphatic carbocycles. The van der Waals surface area contributed by atoms with Crippen molar-refractivity contribution in [3.63, 3.8) is 0 Å². The monoisotopic (exact) mass is 619 g/mol. The number of alkyl carbamates (subject to hydrolysis) is 1. The van der Waals surface area contributed by atoms with Gasteiger partial charge in [-0.05, 0) is 83.4 Å². The van der Waals surface area contributed by atoms with Crippen molar-refractivity contribution in [2.45, 2.75) is 122 Å². The number of rotatable bonds is 19. The number of amides is 1. The first kappa shape index (κ1) is 37.1. The van der Waals surface area contributed by atoms with E-state index in [0.29, 0.717) is 25.0 Å². The molecule has 1 heterocycles. The van der Waals surface area contributed by atoms with Crippen molar-refractivity contribution in [3.8, 4) is 5.75 Å². The van der Waals surface area contributed by atoms with E-state index >= 15 is 0 Å². The number of nitrogens with one attached hydrogen (secondary N) is 1. The second-order valence-electron chi connectivity index (χ2n) is 12.2. The molecule has 0 saturated carbocycles. The average Bonchev–Trinajstić information content (AvgIpc) is 2.93. The van der Waals surface area contributed by atoms with Crippen LogP contribution in [0.3, 0.4) is 0 Å². The van der Waals surface area contributed by atoms with Crippen LogP contribution in [0.25, 0.3) is 0 Å². The molecule has 1 N–H and O–H groups in total. The lowest BCUT2D eigenvalue weighted by atomic mass is 9.88. The Morgan fingerprint density at radius 3 is 2.47 bits per heavy atom. The quantitative estimate of drug-likeness (QED) is 0.125. The van der Waals surface area contributed by atoms with Crippen molar-refractivity contribution in [2.24, 2.45) is 0 Å². The summed E-state index contributed by atoms with van der Waals surface area (Å²) in [5, 5.41) is 2.95. The lowest BCUT2D eigenvalue weighted by Crippen LogP contribution is -2.54. The summed E-state index contributed by atoms with van der Waals surface area (Å²) >= 11 is 0. The molecular formula is C32H52F3NO7. The molecule has 11 heteroatoms. The van der Waals surface area contributed by atoms with E-state index in [0.717, 1.165) is 51.0 Å².